The Bertz CT molecular complexity index is 169. The molecule has 0 aromatic heterocycles. The summed E-state index contributed by atoms with van der Waals surface area (Å²) in [7, 11) is 0.449. The molecular weight excluding hydrogens is 180 g/mol. The Morgan fingerprint density at radius 3 is 2.67 bits per heavy atom. The first-order valence-corrected chi connectivity index (χ1v) is 5.13. The van der Waals surface area contributed by atoms with E-state index in [1.54, 1.807) is 6.92 Å². The van der Waals surface area contributed by atoms with Gasteiger partial charge in [-0.3, -0.25) is 9.00 Å². The van der Waals surface area contributed by atoms with Gasteiger partial charge in [0.05, 0.1) is 12.5 Å². The van der Waals surface area contributed by atoms with Crippen LogP contribution in [0.5, 0.6) is 0 Å². The van der Waals surface area contributed by atoms with E-state index >= 15 is 0 Å². The number of ether oxygens (including phenoxy) is 1. The number of hydrogen-bond acceptors (Lipinski definition) is 3. The number of aliphatic carboxylic acids is 1. The number of hydrogen-bond donors (Lipinski definition) is 1. The zero-order chi connectivity index (χ0) is 9.56. The third-order valence-electron chi connectivity index (χ3n) is 1.37. The lowest BCUT2D eigenvalue weighted by molar-refractivity contribution is -0.140. The van der Waals surface area contributed by atoms with E-state index in [-0.39, 0.29) is 5.75 Å². The highest BCUT2D eigenvalue weighted by molar-refractivity contribution is 7.85. The van der Waals surface area contributed by atoms with Crippen LogP contribution in [-0.2, 0) is 20.3 Å². The van der Waals surface area contributed by atoms with E-state index in [9.17, 15) is 9.00 Å². The van der Waals surface area contributed by atoms with Gasteiger partial charge in [-0.05, 0) is 0 Å². The Labute approximate surface area is 74.4 Å². The maximum atomic E-state index is 11.1. The second-order valence-corrected chi connectivity index (χ2v) is 4.16. The van der Waals surface area contributed by atoms with Gasteiger partial charge in [0.15, 0.2) is 0 Å². The van der Waals surface area contributed by atoms with Crippen molar-refractivity contribution in [1.82, 2.24) is 0 Å². The Morgan fingerprint density at radius 1 is 1.67 bits per heavy atom. The molecule has 72 valence electrons. The van der Waals surface area contributed by atoms with Crippen LogP contribution in [0.25, 0.3) is 0 Å². The highest BCUT2D eigenvalue weighted by Gasteiger charge is 2.13. The van der Waals surface area contributed by atoms with Gasteiger partial charge in [-0.15, -0.1) is 0 Å². The van der Waals surface area contributed by atoms with Gasteiger partial charge in [-0.2, -0.15) is 0 Å². The average Bonchev–Trinajstić information content (AvgIpc) is 2.00. The van der Waals surface area contributed by atoms with Gasteiger partial charge in [0.2, 0.25) is 0 Å². The van der Waals surface area contributed by atoms with Crippen molar-refractivity contribution in [2.75, 3.05) is 25.2 Å². The number of carbonyl (C=O) groups is 1. The van der Waals surface area contributed by atoms with Crippen molar-refractivity contribution in [3.05, 3.63) is 0 Å². The van der Waals surface area contributed by atoms with E-state index in [0.717, 1.165) is 0 Å². The summed E-state index contributed by atoms with van der Waals surface area (Å²) in [6, 6.07) is 0. The van der Waals surface area contributed by atoms with Gasteiger partial charge < -0.3 is 9.84 Å². The maximum Gasteiger partial charge on any atom is 0.307 e. The molecule has 2 atom stereocenters. The molecular formula is C7H14O4S. The van der Waals surface area contributed by atoms with Crippen LogP contribution in [0.4, 0.5) is 0 Å². The van der Waals surface area contributed by atoms with Gasteiger partial charge in [0.25, 0.3) is 0 Å². The lowest BCUT2D eigenvalue weighted by atomic mass is 10.2. The molecule has 0 radical (unpaired) electrons. The largest absolute Gasteiger partial charge is 0.481 e. The van der Waals surface area contributed by atoms with Gasteiger partial charge in [-0.25, -0.2) is 0 Å². The van der Waals surface area contributed by atoms with Crippen LogP contribution in [-0.4, -0.2) is 40.5 Å². The van der Waals surface area contributed by atoms with Gasteiger partial charge >= 0.3 is 5.97 Å². The molecule has 0 spiro atoms. The molecule has 0 aliphatic carbocycles. The van der Waals surface area contributed by atoms with E-state index in [4.69, 9.17) is 9.84 Å². The summed E-state index contributed by atoms with van der Waals surface area (Å²) in [5.41, 5.74) is 0. The lowest BCUT2D eigenvalue weighted by Crippen LogP contribution is -2.20. The number of methoxy groups -OCH3 is 1. The Balaban J connectivity index is 3.61. The minimum Gasteiger partial charge on any atom is -0.481 e. The summed E-state index contributed by atoms with van der Waals surface area (Å²) in [4.78, 5) is 10.3. The van der Waals surface area contributed by atoms with Gasteiger partial charge in [0, 0.05) is 29.4 Å². The molecule has 0 saturated carbocycles. The molecule has 0 fully saturated rings. The molecule has 12 heavy (non-hydrogen) atoms. The fourth-order valence-corrected chi connectivity index (χ4v) is 1.83. The molecule has 0 rings (SSSR count). The van der Waals surface area contributed by atoms with E-state index in [0.29, 0.717) is 12.4 Å². The molecule has 0 aliphatic rings. The van der Waals surface area contributed by atoms with E-state index in [1.165, 1.54) is 7.11 Å². The predicted octanol–water partition coefficient (Wildman–Crippen LogP) is 0.102. The fraction of sp³-hybridized carbons (Fsp3) is 0.857. The van der Waals surface area contributed by atoms with Gasteiger partial charge in [-0.1, -0.05) is 6.92 Å². The Hall–Kier alpha value is -0.420. The smallest absolute Gasteiger partial charge is 0.307 e. The summed E-state index contributed by atoms with van der Waals surface area (Å²) in [5, 5.41) is 8.49. The first kappa shape index (κ1) is 11.6. The van der Waals surface area contributed by atoms with Crippen molar-refractivity contribution in [2.24, 2.45) is 5.92 Å². The van der Waals surface area contributed by atoms with Crippen molar-refractivity contribution in [2.45, 2.75) is 6.92 Å². The monoisotopic (exact) mass is 194 g/mol. The number of carboxylic acids is 1. The van der Waals surface area contributed by atoms with Crippen LogP contribution in [0.2, 0.25) is 0 Å². The predicted molar refractivity (Wildman–Crippen MR) is 46.6 cm³/mol. The van der Waals surface area contributed by atoms with Gasteiger partial charge in [0.1, 0.15) is 0 Å². The normalized spacial score (nSPS) is 15.5. The fourth-order valence-electron chi connectivity index (χ4n) is 0.610. The van der Waals surface area contributed by atoms with Crippen LogP contribution in [0.3, 0.4) is 0 Å². The second-order valence-electron chi connectivity index (χ2n) is 2.54. The van der Waals surface area contributed by atoms with Crippen LogP contribution in [0.1, 0.15) is 6.92 Å². The summed E-state index contributed by atoms with van der Waals surface area (Å²) in [6.45, 7) is 1.96. The number of rotatable bonds is 6. The quantitative estimate of drug-likeness (QED) is 0.651. The lowest BCUT2D eigenvalue weighted by Gasteiger charge is -2.04. The minimum atomic E-state index is -1.08. The van der Waals surface area contributed by atoms with Crippen LogP contribution in [0, 0.1) is 5.92 Å². The Morgan fingerprint density at radius 2 is 2.25 bits per heavy atom. The minimum absolute atomic E-state index is 0.207. The van der Waals surface area contributed by atoms with Crippen molar-refractivity contribution in [3.63, 3.8) is 0 Å². The molecule has 0 heterocycles. The maximum absolute atomic E-state index is 11.1. The van der Waals surface area contributed by atoms with Crippen molar-refractivity contribution < 1.29 is 18.8 Å². The van der Waals surface area contributed by atoms with E-state index in [1.807, 2.05) is 0 Å². The highest BCUT2D eigenvalue weighted by atomic mass is 32.2. The third-order valence-corrected chi connectivity index (χ3v) is 2.87. The molecule has 0 aromatic carbocycles. The van der Waals surface area contributed by atoms with Crippen molar-refractivity contribution >= 4 is 16.8 Å². The molecule has 0 bridgehead atoms. The standard InChI is InChI=1S/C7H14O4S/c1-6(7(8)9)5-12(10)4-3-11-2/h6H,3-5H2,1-2H3,(H,8,9). The number of carboxylic acid groups (broad SMARTS) is 1. The molecule has 0 saturated heterocycles. The molecule has 0 amide bonds. The SMILES string of the molecule is COCCS(=O)CC(C)C(=O)O. The van der Waals surface area contributed by atoms with Crippen molar-refractivity contribution in [3.8, 4) is 0 Å². The molecule has 0 aliphatic heterocycles. The second kappa shape index (κ2) is 6.14. The summed E-state index contributed by atoms with van der Waals surface area (Å²) in [6.07, 6.45) is 0. The van der Waals surface area contributed by atoms with Crippen molar-refractivity contribution in [1.29, 1.82) is 0 Å². The average molecular weight is 194 g/mol. The first-order chi connectivity index (χ1) is 5.57. The molecule has 1 N–H and O–H groups in total. The highest BCUT2D eigenvalue weighted by Crippen LogP contribution is 1.98. The topological polar surface area (TPSA) is 63.6 Å². The van der Waals surface area contributed by atoms with E-state index < -0.39 is 22.7 Å². The third kappa shape index (κ3) is 5.26. The zero-order valence-electron chi connectivity index (χ0n) is 7.28. The molecule has 2 unspecified atom stereocenters. The molecule has 4 nitrogen and oxygen atoms in total. The molecule has 0 aromatic rings. The molecule has 5 heteroatoms. The summed E-state index contributed by atoms with van der Waals surface area (Å²) in [5.74, 6) is -0.823. The van der Waals surface area contributed by atoms with Crippen LogP contribution in [0.15, 0.2) is 0 Å². The first-order valence-electron chi connectivity index (χ1n) is 3.64. The van der Waals surface area contributed by atoms with Crippen LogP contribution < -0.4 is 0 Å². The Kier molecular flexibility index (Phi) is 5.92. The summed E-state index contributed by atoms with van der Waals surface area (Å²) >= 11 is 0. The van der Waals surface area contributed by atoms with E-state index in [2.05, 4.69) is 0 Å². The zero-order valence-corrected chi connectivity index (χ0v) is 8.10. The summed E-state index contributed by atoms with van der Waals surface area (Å²) < 4.78 is 15.8. The van der Waals surface area contributed by atoms with Crippen LogP contribution >= 0.6 is 0 Å².